The summed E-state index contributed by atoms with van der Waals surface area (Å²) in [5.74, 6) is -1.68. The van der Waals surface area contributed by atoms with E-state index in [1.54, 1.807) is 0 Å². The predicted molar refractivity (Wildman–Crippen MR) is 86.4 cm³/mol. The molecule has 1 aromatic rings. The average Bonchev–Trinajstić information content (AvgIpc) is 2.43. The van der Waals surface area contributed by atoms with Crippen LogP contribution in [0.5, 0.6) is 0 Å². The van der Waals surface area contributed by atoms with Gasteiger partial charge >= 0.3 is 7.32 Å². The molecule has 0 aliphatic rings. The Morgan fingerprint density at radius 3 is 2.58 bits per heavy atom. The van der Waals surface area contributed by atoms with Gasteiger partial charge in [0.15, 0.2) is 0 Å². The lowest BCUT2D eigenvalue weighted by Crippen LogP contribution is -2.45. The minimum atomic E-state index is -2.03. The summed E-state index contributed by atoms with van der Waals surface area (Å²) in [6.07, 6.45) is -0.565. The third-order valence-electron chi connectivity index (χ3n) is 2.88. The zero-order chi connectivity index (χ0) is 18.3. The molecule has 0 saturated carbocycles. The van der Waals surface area contributed by atoms with Gasteiger partial charge in [0.05, 0.1) is 17.1 Å². The van der Waals surface area contributed by atoms with Crippen LogP contribution in [0, 0.1) is 11.7 Å². The normalized spacial score (nSPS) is 12.0. The second-order valence-corrected chi connectivity index (χ2v) is 5.86. The molecule has 132 valence electrons. The molecule has 10 heteroatoms. The highest BCUT2D eigenvalue weighted by atomic mass is 35.5. The number of rotatable bonds is 8. The number of hydrogen-bond donors (Lipinski definition) is 4. The molecule has 0 radical (unpaired) electrons. The lowest BCUT2D eigenvalue weighted by molar-refractivity contribution is -0.123. The Morgan fingerprint density at radius 2 is 2.04 bits per heavy atom. The SMILES string of the molecule is CC(C)C[C@H](NC(=O)CNC(=O)c1ccc(F)cc1Cl)OB(O)O. The summed E-state index contributed by atoms with van der Waals surface area (Å²) in [6, 6.07) is 3.28. The summed E-state index contributed by atoms with van der Waals surface area (Å²) >= 11 is 5.76. The number of nitrogens with one attached hydrogen (secondary N) is 2. The van der Waals surface area contributed by atoms with Crippen LogP contribution in [-0.4, -0.2) is 42.0 Å². The smallest absolute Gasteiger partial charge is 0.402 e. The van der Waals surface area contributed by atoms with Crippen LogP contribution in [0.4, 0.5) is 4.39 Å². The number of amides is 2. The molecule has 1 atom stereocenters. The Bertz CT molecular complexity index is 578. The molecule has 0 spiro atoms. The van der Waals surface area contributed by atoms with E-state index >= 15 is 0 Å². The fraction of sp³-hybridized carbons (Fsp3) is 0.429. The minimum absolute atomic E-state index is 0.0339. The molecule has 1 aromatic carbocycles. The maximum absolute atomic E-state index is 12.9. The van der Waals surface area contributed by atoms with Crippen molar-refractivity contribution < 1.29 is 28.7 Å². The summed E-state index contributed by atoms with van der Waals surface area (Å²) in [4.78, 5) is 23.7. The van der Waals surface area contributed by atoms with Crippen molar-refractivity contribution in [1.29, 1.82) is 0 Å². The standard InChI is InChI=1S/C14H19BClFN2O5/c1-8(2)5-13(24-15(22)23)19-12(20)7-18-14(21)10-4-3-9(17)6-11(10)16/h3-4,6,8,13,22-23H,5,7H2,1-2H3,(H,18,21)(H,19,20)/t13-/m1/s1. The van der Waals surface area contributed by atoms with Crippen molar-refractivity contribution >= 4 is 30.7 Å². The second-order valence-electron chi connectivity index (χ2n) is 5.45. The van der Waals surface area contributed by atoms with Crippen molar-refractivity contribution in [2.75, 3.05) is 6.54 Å². The van der Waals surface area contributed by atoms with Crippen molar-refractivity contribution in [3.8, 4) is 0 Å². The van der Waals surface area contributed by atoms with Crippen LogP contribution in [-0.2, 0) is 9.45 Å². The van der Waals surface area contributed by atoms with Crippen LogP contribution >= 0.6 is 11.6 Å². The van der Waals surface area contributed by atoms with Crippen LogP contribution in [0.2, 0.25) is 5.02 Å². The number of carbonyl (C=O) groups is 2. The molecule has 0 aromatic heterocycles. The molecule has 0 bridgehead atoms. The van der Waals surface area contributed by atoms with Crippen molar-refractivity contribution in [3.05, 3.63) is 34.6 Å². The third kappa shape index (κ3) is 7.26. The van der Waals surface area contributed by atoms with Crippen LogP contribution in [0.25, 0.3) is 0 Å². The summed E-state index contributed by atoms with van der Waals surface area (Å²) < 4.78 is 17.7. The highest BCUT2D eigenvalue weighted by Gasteiger charge is 2.21. The maximum atomic E-state index is 12.9. The Hall–Kier alpha value is -1.68. The van der Waals surface area contributed by atoms with Gasteiger partial charge in [-0.15, -0.1) is 0 Å². The molecular formula is C14H19BClFN2O5. The zero-order valence-electron chi connectivity index (χ0n) is 13.3. The maximum Gasteiger partial charge on any atom is 0.635 e. The van der Waals surface area contributed by atoms with E-state index in [9.17, 15) is 14.0 Å². The molecule has 0 aliphatic heterocycles. The van der Waals surface area contributed by atoms with Gasteiger partial charge in [-0.2, -0.15) is 0 Å². The van der Waals surface area contributed by atoms with E-state index in [1.165, 1.54) is 6.07 Å². The van der Waals surface area contributed by atoms with Gasteiger partial charge in [0, 0.05) is 0 Å². The van der Waals surface area contributed by atoms with E-state index in [-0.39, 0.29) is 23.0 Å². The van der Waals surface area contributed by atoms with Gasteiger partial charge in [0.25, 0.3) is 5.91 Å². The molecule has 0 saturated heterocycles. The average molecular weight is 361 g/mol. The number of benzene rings is 1. The lowest BCUT2D eigenvalue weighted by Gasteiger charge is -2.21. The van der Waals surface area contributed by atoms with Crippen LogP contribution < -0.4 is 10.6 Å². The second kappa shape index (κ2) is 9.58. The number of carbonyl (C=O) groups excluding carboxylic acids is 2. The zero-order valence-corrected chi connectivity index (χ0v) is 14.0. The Labute approximate surface area is 144 Å². The summed E-state index contributed by atoms with van der Waals surface area (Å²) in [5, 5.41) is 22.4. The molecule has 0 heterocycles. The fourth-order valence-corrected chi connectivity index (χ4v) is 2.14. The van der Waals surface area contributed by atoms with Gasteiger partial charge in [0.1, 0.15) is 12.0 Å². The van der Waals surface area contributed by atoms with Gasteiger partial charge in [-0.05, 0) is 30.5 Å². The lowest BCUT2D eigenvalue weighted by atomic mass is 10.1. The highest BCUT2D eigenvalue weighted by Crippen LogP contribution is 2.16. The van der Waals surface area contributed by atoms with Gasteiger partial charge in [0.2, 0.25) is 5.91 Å². The minimum Gasteiger partial charge on any atom is -0.402 e. The topological polar surface area (TPSA) is 108 Å². The Morgan fingerprint density at radius 1 is 1.38 bits per heavy atom. The van der Waals surface area contributed by atoms with Gasteiger partial charge < -0.3 is 25.3 Å². The molecule has 0 unspecified atom stereocenters. The molecule has 24 heavy (non-hydrogen) atoms. The van der Waals surface area contributed by atoms with E-state index in [1.807, 2.05) is 13.8 Å². The Balaban J connectivity index is 2.55. The van der Waals surface area contributed by atoms with Crippen molar-refractivity contribution in [2.24, 2.45) is 5.92 Å². The third-order valence-corrected chi connectivity index (χ3v) is 3.19. The summed E-state index contributed by atoms with van der Waals surface area (Å²) in [6.45, 7) is 3.35. The van der Waals surface area contributed by atoms with Crippen molar-refractivity contribution in [1.82, 2.24) is 10.6 Å². The predicted octanol–water partition coefficient (Wildman–Crippen LogP) is 0.683. The van der Waals surface area contributed by atoms with E-state index < -0.39 is 31.2 Å². The monoisotopic (exact) mass is 360 g/mol. The summed E-state index contributed by atoms with van der Waals surface area (Å²) in [5.41, 5.74) is 0.0339. The molecule has 0 fully saturated rings. The van der Waals surface area contributed by atoms with E-state index in [4.69, 9.17) is 26.3 Å². The van der Waals surface area contributed by atoms with E-state index in [2.05, 4.69) is 10.6 Å². The van der Waals surface area contributed by atoms with Gasteiger partial charge in [-0.3, -0.25) is 9.59 Å². The van der Waals surface area contributed by atoms with E-state index in [0.717, 1.165) is 12.1 Å². The molecule has 0 aliphatic carbocycles. The first-order valence-corrected chi connectivity index (χ1v) is 7.61. The van der Waals surface area contributed by atoms with Crippen LogP contribution in [0.3, 0.4) is 0 Å². The fourth-order valence-electron chi connectivity index (χ4n) is 1.88. The first kappa shape index (κ1) is 20.4. The van der Waals surface area contributed by atoms with Gasteiger partial charge in [-0.1, -0.05) is 25.4 Å². The molecule has 1 rings (SSSR count). The van der Waals surface area contributed by atoms with Crippen LogP contribution in [0.1, 0.15) is 30.6 Å². The Kier molecular flexibility index (Phi) is 8.13. The quantitative estimate of drug-likeness (QED) is 0.403. The highest BCUT2D eigenvalue weighted by molar-refractivity contribution is 6.34. The number of hydrogen-bond acceptors (Lipinski definition) is 5. The largest absolute Gasteiger partial charge is 0.635 e. The molecule has 4 N–H and O–H groups in total. The molecular weight excluding hydrogens is 341 g/mol. The number of halogens is 2. The first-order chi connectivity index (χ1) is 11.2. The van der Waals surface area contributed by atoms with Crippen molar-refractivity contribution in [3.63, 3.8) is 0 Å². The van der Waals surface area contributed by atoms with Gasteiger partial charge in [-0.25, -0.2) is 4.39 Å². The van der Waals surface area contributed by atoms with Crippen molar-refractivity contribution in [2.45, 2.75) is 26.5 Å². The van der Waals surface area contributed by atoms with E-state index in [0.29, 0.717) is 6.42 Å². The van der Waals surface area contributed by atoms with Crippen LogP contribution in [0.15, 0.2) is 18.2 Å². The molecule has 2 amide bonds. The first-order valence-electron chi connectivity index (χ1n) is 7.23. The summed E-state index contributed by atoms with van der Waals surface area (Å²) in [7, 11) is -2.03. The molecule has 7 nitrogen and oxygen atoms in total.